The average molecular weight is 418 g/mol. The van der Waals surface area contributed by atoms with Gasteiger partial charge in [-0.25, -0.2) is 0 Å². The Hall–Kier alpha value is -0.276. The molecular weight excluding hydrogens is 378 g/mol. The van der Waals surface area contributed by atoms with Gasteiger partial charge in [-0.15, -0.1) is 0 Å². The molecular formula is C19H39NO5Si2. The minimum absolute atomic E-state index is 0.0433. The fourth-order valence-electron chi connectivity index (χ4n) is 2.78. The Balaban J connectivity index is 2.56. The summed E-state index contributed by atoms with van der Waals surface area (Å²) in [4.78, 5) is 0. The lowest BCUT2D eigenvalue weighted by atomic mass is 10.1. The molecule has 1 unspecified atom stereocenters. The zero-order chi connectivity index (χ0) is 20.7. The van der Waals surface area contributed by atoms with E-state index in [-0.39, 0.29) is 19.0 Å². The fourth-order valence-corrected chi connectivity index (χ4v) is 4.54. The molecule has 3 atom stereocenters. The molecule has 0 N–H and O–H groups in total. The van der Waals surface area contributed by atoms with Crippen molar-refractivity contribution in [2.45, 2.75) is 96.1 Å². The van der Waals surface area contributed by atoms with E-state index in [4.69, 9.17) is 23.4 Å². The van der Waals surface area contributed by atoms with Gasteiger partial charge in [0.1, 0.15) is 12.9 Å². The molecule has 1 aliphatic rings. The summed E-state index contributed by atoms with van der Waals surface area (Å²) >= 11 is 0. The van der Waals surface area contributed by atoms with Gasteiger partial charge in [0.15, 0.2) is 14.1 Å². The van der Waals surface area contributed by atoms with E-state index in [0.29, 0.717) is 26.1 Å². The van der Waals surface area contributed by atoms with Gasteiger partial charge in [0.05, 0.1) is 24.9 Å². The van der Waals surface area contributed by atoms with E-state index in [0.717, 1.165) is 6.04 Å². The first kappa shape index (κ1) is 24.8. The molecule has 0 saturated carbocycles. The maximum absolute atomic E-state index is 9.49. The second kappa shape index (κ2) is 10.5. The van der Waals surface area contributed by atoms with Crippen molar-refractivity contribution < 1.29 is 23.4 Å². The summed E-state index contributed by atoms with van der Waals surface area (Å²) in [5.41, 5.74) is 0. The van der Waals surface area contributed by atoms with Crippen molar-refractivity contribution in [3.8, 4) is 6.07 Å². The average Bonchev–Trinajstić information content (AvgIpc) is 2.82. The molecule has 8 heteroatoms. The third kappa shape index (κ3) is 12.0. The van der Waals surface area contributed by atoms with Crippen LogP contribution in [0.25, 0.3) is 0 Å². The van der Waals surface area contributed by atoms with Gasteiger partial charge in [0, 0.05) is 27.5 Å². The number of hydrogen-bond acceptors (Lipinski definition) is 6. The van der Waals surface area contributed by atoms with Crippen LogP contribution in [0.3, 0.4) is 0 Å². The SMILES string of the molecule is CC1(C)OC[C@H](C[C@@H](CC(C#N)O[Si](C)(C)C)OCOCC[Si](C)(C)C)O1. The number of hydrogen-bond donors (Lipinski definition) is 0. The highest BCUT2D eigenvalue weighted by atomic mass is 28.4. The Morgan fingerprint density at radius 3 is 2.33 bits per heavy atom. The Morgan fingerprint density at radius 2 is 1.85 bits per heavy atom. The highest BCUT2D eigenvalue weighted by Gasteiger charge is 2.35. The number of nitriles is 1. The maximum atomic E-state index is 9.49. The first-order chi connectivity index (χ1) is 12.3. The molecule has 1 rings (SSSR count). The van der Waals surface area contributed by atoms with Gasteiger partial charge >= 0.3 is 0 Å². The van der Waals surface area contributed by atoms with Crippen molar-refractivity contribution in [2.75, 3.05) is 20.0 Å². The van der Waals surface area contributed by atoms with E-state index in [1.807, 2.05) is 13.8 Å². The van der Waals surface area contributed by atoms with Crippen LogP contribution in [0.5, 0.6) is 0 Å². The molecule has 0 spiro atoms. The first-order valence-electron chi connectivity index (χ1n) is 9.88. The summed E-state index contributed by atoms with van der Waals surface area (Å²) < 4.78 is 29.2. The molecule has 0 amide bonds. The van der Waals surface area contributed by atoms with Crippen LogP contribution >= 0.6 is 0 Å². The predicted molar refractivity (Wildman–Crippen MR) is 112 cm³/mol. The van der Waals surface area contributed by atoms with Crippen molar-refractivity contribution in [3.05, 3.63) is 0 Å². The lowest BCUT2D eigenvalue weighted by molar-refractivity contribution is -0.148. The minimum Gasteiger partial charge on any atom is -0.402 e. The van der Waals surface area contributed by atoms with Gasteiger partial charge in [-0.3, -0.25) is 0 Å². The molecule has 0 aromatic heterocycles. The molecule has 0 aromatic carbocycles. The van der Waals surface area contributed by atoms with Crippen molar-refractivity contribution in [1.82, 2.24) is 0 Å². The molecule has 27 heavy (non-hydrogen) atoms. The molecule has 1 saturated heterocycles. The van der Waals surface area contributed by atoms with Gasteiger partial charge in [0.2, 0.25) is 0 Å². The van der Waals surface area contributed by atoms with E-state index in [2.05, 4.69) is 45.4 Å². The van der Waals surface area contributed by atoms with Crippen molar-refractivity contribution >= 4 is 16.4 Å². The molecule has 0 aliphatic carbocycles. The first-order valence-corrected chi connectivity index (χ1v) is 17.0. The summed E-state index contributed by atoms with van der Waals surface area (Å²) in [5, 5.41) is 9.49. The summed E-state index contributed by atoms with van der Waals surface area (Å²) in [6.45, 7) is 18.5. The highest BCUT2D eigenvalue weighted by molar-refractivity contribution is 6.76. The summed E-state index contributed by atoms with van der Waals surface area (Å²) in [7, 11) is -2.92. The fraction of sp³-hybridized carbons (Fsp3) is 0.947. The van der Waals surface area contributed by atoms with Gasteiger partial charge in [-0.2, -0.15) is 5.26 Å². The summed E-state index contributed by atoms with van der Waals surface area (Å²) in [5.74, 6) is -0.563. The molecule has 1 aliphatic heterocycles. The third-order valence-corrected chi connectivity index (χ3v) is 6.79. The smallest absolute Gasteiger partial charge is 0.185 e. The van der Waals surface area contributed by atoms with Crippen LogP contribution in [0, 0.1) is 11.3 Å². The normalized spacial score (nSPS) is 22.4. The van der Waals surface area contributed by atoms with E-state index < -0.39 is 28.3 Å². The van der Waals surface area contributed by atoms with Gasteiger partial charge in [-0.05, 0) is 39.5 Å². The summed E-state index contributed by atoms with van der Waals surface area (Å²) in [6, 6.07) is 3.38. The van der Waals surface area contributed by atoms with Gasteiger partial charge in [-0.1, -0.05) is 19.6 Å². The number of rotatable bonds is 12. The monoisotopic (exact) mass is 417 g/mol. The van der Waals surface area contributed by atoms with Crippen LogP contribution in [0.15, 0.2) is 0 Å². The van der Waals surface area contributed by atoms with E-state index in [1.54, 1.807) is 0 Å². The van der Waals surface area contributed by atoms with Crippen LogP contribution in [0.4, 0.5) is 0 Å². The van der Waals surface area contributed by atoms with Crippen LogP contribution < -0.4 is 0 Å². The highest BCUT2D eigenvalue weighted by Crippen LogP contribution is 2.27. The van der Waals surface area contributed by atoms with Gasteiger partial charge in [0.25, 0.3) is 0 Å². The molecule has 1 fully saturated rings. The van der Waals surface area contributed by atoms with Crippen LogP contribution in [-0.2, 0) is 23.4 Å². The lowest BCUT2D eigenvalue weighted by Crippen LogP contribution is -2.35. The Kier molecular flexibility index (Phi) is 9.62. The van der Waals surface area contributed by atoms with Crippen molar-refractivity contribution in [2.24, 2.45) is 0 Å². The maximum Gasteiger partial charge on any atom is 0.185 e. The standard InChI is InChI=1S/C19H39NO5Si2/c1-19(2)23-14-18(24-19)12-16(11-17(13-20)25-27(6,7)8)22-15-21-9-10-26(3,4)5/h16-18H,9-12,14-15H2,1-8H3/t16-,17?,18+/m1/s1. The number of nitrogens with zero attached hydrogens (tertiary/aromatic N) is 1. The van der Waals surface area contributed by atoms with E-state index in [1.165, 1.54) is 0 Å². The molecule has 0 bridgehead atoms. The van der Waals surface area contributed by atoms with E-state index in [9.17, 15) is 5.26 Å². The molecule has 0 aromatic rings. The van der Waals surface area contributed by atoms with Crippen LogP contribution in [-0.4, -0.2) is 60.5 Å². The third-order valence-electron chi connectivity index (χ3n) is 4.09. The zero-order valence-corrected chi connectivity index (χ0v) is 20.5. The van der Waals surface area contributed by atoms with E-state index >= 15 is 0 Å². The molecule has 158 valence electrons. The largest absolute Gasteiger partial charge is 0.402 e. The molecule has 0 radical (unpaired) electrons. The Labute approximate surface area is 167 Å². The number of ether oxygens (including phenoxy) is 4. The van der Waals surface area contributed by atoms with Gasteiger partial charge < -0.3 is 23.4 Å². The van der Waals surface area contributed by atoms with Crippen LogP contribution in [0.1, 0.15) is 26.7 Å². The summed E-state index contributed by atoms with van der Waals surface area (Å²) in [6.07, 6.45) is 0.490. The predicted octanol–water partition coefficient (Wildman–Crippen LogP) is 4.36. The minimum atomic E-state index is -1.80. The zero-order valence-electron chi connectivity index (χ0n) is 18.5. The van der Waals surface area contributed by atoms with Crippen molar-refractivity contribution in [1.29, 1.82) is 5.26 Å². The Bertz CT molecular complexity index is 482. The quantitative estimate of drug-likeness (QED) is 0.267. The van der Waals surface area contributed by atoms with Crippen LogP contribution in [0.2, 0.25) is 45.3 Å². The second-order valence-electron chi connectivity index (χ2n) is 9.90. The topological polar surface area (TPSA) is 69.9 Å². The van der Waals surface area contributed by atoms with Crippen molar-refractivity contribution in [3.63, 3.8) is 0 Å². The molecule has 6 nitrogen and oxygen atoms in total. The second-order valence-corrected chi connectivity index (χ2v) is 20.0. The molecule has 1 heterocycles. The Morgan fingerprint density at radius 1 is 1.19 bits per heavy atom. The lowest BCUT2D eigenvalue weighted by Gasteiger charge is -2.27.